The molecule has 0 saturated carbocycles. The van der Waals surface area contributed by atoms with Crippen molar-refractivity contribution < 1.29 is 14.0 Å². The molecule has 0 bridgehead atoms. The highest BCUT2D eigenvalue weighted by Crippen LogP contribution is 2.07. The van der Waals surface area contributed by atoms with E-state index in [0.717, 1.165) is 30.7 Å². The molecule has 0 spiro atoms. The number of quaternary nitrogens is 1. The summed E-state index contributed by atoms with van der Waals surface area (Å²) in [5.74, 6) is -0.183. The third-order valence-corrected chi connectivity index (χ3v) is 3.02. The number of hydrogen-bond donors (Lipinski definition) is 0. The Morgan fingerprint density at radius 1 is 1.29 bits per heavy atom. The van der Waals surface area contributed by atoms with Gasteiger partial charge >= 0.3 is 5.97 Å². The van der Waals surface area contributed by atoms with E-state index >= 15 is 0 Å². The molecule has 0 saturated heterocycles. The lowest BCUT2D eigenvalue weighted by atomic mass is 10.3. The summed E-state index contributed by atoms with van der Waals surface area (Å²) >= 11 is 0. The maximum Gasteiger partial charge on any atom is 0.316 e. The van der Waals surface area contributed by atoms with Gasteiger partial charge in [-0.3, -0.25) is 4.79 Å². The molecule has 82 valence electrons. The van der Waals surface area contributed by atoms with Crippen molar-refractivity contribution >= 4 is 5.97 Å². The highest BCUT2D eigenvalue weighted by atomic mass is 16.5. The Morgan fingerprint density at radius 2 is 1.79 bits per heavy atom. The fraction of sp³-hybridized carbons (Fsp3) is 0.727. The highest BCUT2D eigenvalue weighted by molar-refractivity contribution is 5.69. The minimum Gasteiger partial charge on any atom is -0.435 e. The van der Waals surface area contributed by atoms with Gasteiger partial charge in [-0.2, -0.15) is 0 Å². The minimum atomic E-state index is -0.183. The van der Waals surface area contributed by atoms with Crippen molar-refractivity contribution in [3.63, 3.8) is 0 Å². The Balaban J connectivity index is 4.05. The number of nitrogens with zero attached hydrogens (tertiary/aromatic N) is 1. The molecule has 0 aliphatic heterocycles. The summed E-state index contributed by atoms with van der Waals surface area (Å²) in [5.41, 5.74) is 0. The molecule has 0 radical (unpaired) electrons. The van der Waals surface area contributed by atoms with Crippen molar-refractivity contribution in [2.75, 3.05) is 26.2 Å². The third-order valence-electron chi connectivity index (χ3n) is 3.02. The van der Waals surface area contributed by atoms with E-state index in [1.807, 2.05) is 0 Å². The lowest BCUT2D eigenvalue weighted by Gasteiger charge is -2.35. The smallest absolute Gasteiger partial charge is 0.316 e. The Bertz CT molecular complexity index is 177. The molecular formula is C11H22NO2+. The predicted octanol–water partition coefficient (Wildman–Crippen LogP) is 1.94. The molecule has 0 aliphatic rings. The first-order valence-electron chi connectivity index (χ1n) is 5.29. The van der Waals surface area contributed by atoms with Gasteiger partial charge in [-0.25, -0.2) is 0 Å². The Labute approximate surface area is 86.9 Å². The minimum absolute atomic E-state index is 0.183. The van der Waals surface area contributed by atoms with Crippen LogP contribution in [0, 0.1) is 0 Å². The van der Waals surface area contributed by atoms with Crippen molar-refractivity contribution in [3.05, 3.63) is 12.8 Å². The molecule has 0 fully saturated rings. The van der Waals surface area contributed by atoms with Gasteiger partial charge in [0.1, 0.15) is 0 Å². The van der Waals surface area contributed by atoms with Crippen molar-refractivity contribution in [1.29, 1.82) is 0 Å². The largest absolute Gasteiger partial charge is 0.435 e. The van der Waals surface area contributed by atoms with E-state index in [4.69, 9.17) is 0 Å². The van der Waals surface area contributed by atoms with Gasteiger partial charge in [0.25, 0.3) is 0 Å². The highest BCUT2D eigenvalue weighted by Gasteiger charge is 2.21. The van der Waals surface area contributed by atoms with Crippen molar-refractivity contribution in [1.82, 2.24) is 0 Å². The van der Waals surface area contributed by atoms with Gasteiger partial charge in [0.2, 0.25) is 0 Å². The lowest BCUT2D eigenvalue weighted by Crippen LogP contribution is -2.48. The molecule has 3 nitrogen and oxygen atoms in total. The summed E-state index contributed by atoms with van der Waals surface area (Å²) < 4.78 is 5.66. The zero-order valence-electron chi connectivity index (χ0n) is 9.58. The van der Waals surface area contributed by atoms with Crippen LogP contribution in [0.5, 0.6) is 0 Å². The van der Waals surface area contributed by atoms with Crippen LogP contribution in [0.1, 0.15) is 27.2 Å². The van der Waals surface area contributed by atoms with Gasteiger partial charge in [-0.15, -0.1) is 0 Å². The quantitative estimate of drug-likeness (QED) is 0.356. The Kier molecular flexibility index (Phi) is 6.21. The lowest BCUT2D eigenvalue weighted by molar-refractivity contribution is -0.922. The van der Waals surface area contributed by atoms with E-state index in [-0.39, 0.29) is 5.97 Å². The van der Waals surface area contributed by atoms with Crippen LogP contribution >= 0.6 is 0 Å². The molecular weight excluding hydrogens is 178 g/mol. The molecule has 0 aliphatic carbocycles. The van der Waals surface area contributed by atoms with Crippen LogP contribution in [0.2, 0.25) is 0 Å². The first kappa shape index (κ1) is 13.2. The van der Waals surface area contributed by atoms with Gasteiger partial charge in [0, 0.05) is 0 Å². The molecule has 0 atom stereocenters. The molecule has 0 amide bonds. The van der Waals surface area contributed by atoms with Gasteiger partial charge < -0.3 is 9.22 Å². The second-order valence-corrected chi connectivity index (χ2v) is 3.42. The molecule has 0 aromatic carbocycles. The average Bonchev–Trinajstić information content (AvgIpc) is 2.21. The second-order valence-electron chi connectivity index (χ2n) is 3.42. The summed E-state index contributed by atoms with van der Waals surface area (Å²) in [7, 11) is 0. The number of hydrogen-bond acceptors (Lipinski definition) is 2. The molecule has 3 heteroatoms. The van der Waals surface area contributed by atoms with Gasteiger partial charge in [-0.1, -0.05) is 6.58 Å². The van der Waals surface area contributed by atoms with Crippen LogP contribution in [-0.4, -0.2) is 36.6 Å². The van der Waals surface area contributed by atoms with Crippen LogP contribution < -0.4 is 0 Å². The number of esters is 1. The van der Waals surface area contributed by atoms with Crippen LogP contribution in [-0.2, 0) is 9.53 Å². The summed E-state index contributed by atoms with van der Waals surface area (Å²) in [6.07, 6.45) is 1.67. The zero-order chi connectivity index (χ0) is 11.0. The van der Waals surface area contributed by atoms with E-state index in [0.29, 0.717) is 6.42 Å². The maximum absolute atomic E-state index is 11.1. The Hall–Kier alpha value is -0.830. The molecule has 14 heavy (non-hydrogen) atoms. The van der Waals surface area contributed by atoms with E-state index in [2.05, 4.69) is 32.1 Å². The third kappa shape index (κ3) is 3.92. The first-order valence-corrected chi connectivity index (χ1v) is 5.29. The first-order chi connectivity index (χ1) is 6.64. The van der Waals surface area contributed by atoms with Crippen LogP contribution in [0.15, 0.2) is 12.8 Å². The molecule has 0 aromatic heterocycles. The summed E-state index contributed by atoms with van der Waals surface area (Å²) in [6.45, 7) is 13.9. The fourth-order valence-electron chi connectivity index (χ4n) is 1.63. The standard InChI is InChI=1S/C11H22NO2/c1-5-12(6-2,7-3)10-9-11(13)14-8-4/h8H,4-7,9-10H2,1-3H3/q+1. The summed E-state index contributed by atoms with van der Waals surface area (Å²) in [6, 6.07) is 0. The number of carbonyl (C=O) groups is 1. The second kappa shape index (κ2) is 6.60. The molecule has 0 aromatic rings. The van der Waals surface area contributed by atoms with Gasteiger partial charge in [0.15, 0.2) is 0 Å². The van der Waals surface area contributed by atoms with Crippen LogP contribution in [0.4, 0.5) is 0 Å². The Morgan fingerprint density at radius 3 is 2.14 bits per heavy atom. The van der Waals surface area contributed by atoms with Crippen molar-refractivity contribution in [3.8, 4) is 0 Å². The molecule has 0 N–H and O–H groups in total. The fourth-order valence-corrected chi connectivity index (χ4v) is 1.63. The van der Waals surface area contributed by atoms with Crippen LogP contribution in [0.25, 0.3) is 0 Å². The van der Waals surface area contributed by atoms with Crippen LogP contribution in [0.3, 0.4) is 0 Å². The summed E-state index contributed by atoms with van der Waals surface area (Å²) in [5, 5.41) is 0. The summed E-state index contributed by atoms with van der Waals surface area (Å²) in [4.78, 5) is 11.1. The van der Waals surface area contributed by atoms with Gasteiger partial charge in [0.05, 0.1) is 38.9 Å². The zero-order valence-corrected chi connectivity index (χ0v) is 9.58. The number of rotatable bonds is 7. The van der Waals surface area contributed by atoms with Crippen molar-refractivity contribution in [2.24, 2.45) is 0 Å². The van der Waals surface area contributed by atoms with E-state index < -0.39 is 0 Å². The number of ether oxygens (including phenoxy) is 1. The van der Waals surface area contributed by atoms with E-state index in [1.54, 1.807) is 0 Å². The SMILES string of the molecule is C=COC(=O)CC[N+](CC)(CC)CC. The topological polar surface area (TPSA) is 26.3 Å². The monoisotopic (exact) mass is 200 g/mol. The number of carbonyl (C=O) groups excluding carboxylic acids is 1. The molecule has 0 rings (SSSR count). The van der Waals surface area contributed by atoms with E-state index in [9.17, 15) is 4.79 Å². The maximum atomic E-state index is 11.1. The molecule has 0 unspecified atom stereocenters. The van der Waals surface area contributed by atoms with Gasteiger partial charge in [-0.05, 0) is 20.8 Å². The normalized spacial score (nSPS) is 11.1. The average molecular weight is 200 g/mol. The van der Waals surface area contributed by atoms with Crippen molar-refractivity contribution in [2.45, 2.75) is 27.2 Å². The predicted molar refractivity (Wildman–Crippen MR) is 57.7 cm³/mol. The van der Waals surface area contributed by atoms with E-state index in [1.165, 1.54) is 6.26 Å². The molecule has 0 heterocycles.